The first-order chi connectivity index (χ1) is 15.8. The average Bonchev–Trinajstić information content (AvgIpc) is 3.25. The Morgan fingerprint density at radius 2 is 1.97 bits per heavy atom. The number of amides is 2. The van der Waals surface area contributed by atoms with Crippen molar-refractivity contribution >= 4 is 23.6 Å². The first kappa shape index (κ1) is 24.1. The van der Waals surface area contributed by atoms with E-state index >= 15 is 0 Å². The van der Waals surface area contributed by atoms with Gasteiger partial charge in [-0.25, -0.2) is 4.79 Å². The Bertz CT molecular complexity index is 988. The number of hydrogen-bond acceptors (Lipinski definition) is 8. The molecule has 2 aromatic rings. The van der Waals surface area contributed by atoms with E-state index in [0.29, 0.717) is 24.3 Å². The van der Waals surface area contributed by atoms with Gasteiger partial charge in [0.05, 0.1) is 6.04 Å². The van der Waals surface area contributed by atoms with Gasteiger partial charge in [0, 0.05) is 30.6 Å². The Morgan fingerprint density at radius 3 is 2.70 bits per heavy atom. The fraction of sp³-hybridized carbons (Fsp3) is 0.478. The summed E-state index contributed by atoms with van der Waals surface area (Å²) in [4.78, 5) is 50.3. The van der Waals surface area contributed by atoms with Crippen LogP contribution in [0.5, 0.6) is 0 Å². The molecule has 0 aliphatic carbocycles. The molecule has 2 atom stereocenters. The topological polar surface area (TPSA) is 140 Å². The molecule has 2 N–H and O–H groups in total. The molecule has 0 fully saturated rings. The van der Waals surface area contributed by atoms with Crippen molar-refractivity contribution in [2.24, 2.45) is 11.8 Å². The summed E-state index contributed by atoms with van der Waals surface area (Å²) in [5.41, 5.74) is 1.43. The predicted molar refractivity (Wildman–Crippen MR) is 116 cm³/mol. The largest absolute Gasteiger partial charge is 0.445 e. The number of fused-ring (bicyclic) bond motifs is 1. The lowest BCUT2D eigenvalue weighted by Gasteiger charge is -2.23. The molecule has 0 radical (unpaired) electrons. The summed E-state index contributed by atoms with van der Waals surface area (Å²) in [5.74, 6) is -2.27. The highest BCUT2D eigenvalue weighted by atomic mass is 16.5. The third kappa shape index (κ3) is 6.71. The molecule has 2 heterocycles. The van der Waals surface area contributed by atoms with Gasteiger partial charge in [0.15, 0.2) is 11.5 Å². The van der Waals surface area contributed by atoms with Crippen LogP contribution in [0.4, 0.5) is 4.79 Å². The fourth-order valence-corrected chi connectivity index (χ4v) is 3.69. The van der Waals surface area contributed by atoms with Crippen molar-refractivity contribution in [3.8, 4) is 0 Å². The van der Waals surface area contributed by atoms with Crippen LogP contribution in [-0.2, 0) is 38.6 Å². The Morgan fingerprint density at radius 1 is 1.21 bits per heavy atom. The summed E-state index contributed by atoms with van der Waals surface area (Å²) in [5, 5.41) is 12.6. The Labute approximate surface area is 191 Å². The Hall–Kier alpha value is -3.56. The molecule has 0 saturated carbocycles. The molecule has 1 aliphatic rings. The van der Waals surface area contributed by atoms with Gasteiger partial charge in [0.2, 0.25) is 5.78 Å². The molecule has 10 heteroatoms. The van der Waals surface area contributed by atoms with Crippen LogP contribution in [0.1, 0.15) is 43.7 Å². The SMILES string of the molecule is CC(C)C(NC(=O)OCc1ccccc1)C(=O)CC1CCc2nnoc2CCNC(=O)C1=O. The van der Waals surface area contributed by atoms with E-state index in [2.05, 4.69) is 21.0 Å². The Kier molecular flexibility index (Phi) is 8.28. The van der Waals surface area contributed by atoms with E-state index in [-0.39, 0.29) is 37.7 Å². The van der Waals surface area contributed by atoms with Gasteiger partial charge in [-0.2, -0.15) is 0 Å². The molecule has 0 spiro atoms. The summed E-state index contributed by atoms with van der Waals surface area (Å²) in [6, 6.07) is 8.32. The van der Waals surface area contributed by atoms with Crippen molar-refractivity contribution in [3.63, 3.8) is 0 Å². The van der Waals surface area contributed by atoms with Crippen molar-refractivity contribution in [2.45, 2.75) is 52.2 Å². The summed E-state index contributed by atoms with van der Waals surface area (Å²) in [6.45, 7) is 3.85. The highest BCUT2D eigenvalue weighted by Gasteiger charge is 2.33. The number of benzene rings is 1. The van der Waals surface area contributed by atoms with Crippen LogP contribution in [-0.4, -0.2) is 46.5 Å². The number of alkyl carbamates (subject to hydrolysis) is 1. The third-order valence-electron chi connectivity index (χ3n) is 5.54. The van der Waals surface area contributed by atoms with Crippen molar-refractivity contribution in [1.82, 2.24) is 21.0 Å². The van der Waals surface area contributed by atoms with E-state index in [1.54, 1.807) is 13.8 Å². The predicted octanol–water partition coefficient (Wildman–Crippen LogP) is 1.77. The molecule has 0 saturated heterocycles. The van der Waals surface area contributed by atoms with Gasteiger partial charge in [-0.1, -0.05) is 44.2 Å². The smallest absolute Gasteiger partial charge is 0.408 e. The maximum atomic E-state index is 13.1. The number of rotatable bonds is 7. The molecule has 3 rings (SSSR count). The van der Waals surface area contributed by atoms with E-state index in [1.807, 2.05) is 30.3 Å². The molecule has 0 bridgehead atoms. The number of Topliss-reactive ketones (excluding diaryl/α,β-unsaturated/α-hetero) is 2. The van der Waals surface area contributed by atoms with Crippen LogP contribution in [0, 0.1) is 11.8 Å². The number of carbonyl (C=O) groups is 4. The van der Waals surface area contributed by atoms with Crippen LogP contribution in [0.15, 0.2) is 34.9 Å². The first-order valence-electron chi connectivity index (χ1n) is 11.0. The van der Waals surface area contributed by atoms with Crippen LogP contribution in [0.25, 0.3) is 0 Å². The minimum Gasteiger partial charge on any atom is -0.445 e. The van der Waals surface area contributed by atoms with Crippen LogP contribution in [0.2, 0.25) is 0 Å². The minimum atomic E-state index is -0.858. The number of hydrogen-bond donors (Lipinski definition) is 2. The van der Waals surface area contributed by atoms with Gasteiger partial charge in [-0.15, -0.1) is 5.10 Å². The molecule has 1 aromatic heterocycles. The number of ether oxygens (including phenoxy) is 1. The van der Waals surface area contributed by atoms with E-state index < -0.39 is 29.7 Å². The number of carbonyl (C=O) groups excluding carboxylic acids is 4. The molecule has 33 heavy (non-hydrogen) atoms. The van der Waals surface area contributed by atoms with E-state index in [4.69, 9.17) is 9.26 Å². The molecular weight excluding hydrogens is 428 g/mol. The normalized spacial score (nSPS) is 17.6. The van der Waals surface area contributed by atoms with Gasteiger partial charge in [-0.05, 0) is 24.3 Å². The number of ketones is 2. The molecule has 2 unspecified atom stereocenters. The van der Waals surface area contributed by atoms with Gasteiger partial charge >= 0.3 is 6.09 Å². The van der Waals surface area contributed by atoms with E-state index in [0.717, 1.165) is 5.56 Å². The summed E-state index contributed by atoms with van der Waals surface area (Å²) >= 11 is 0. The van der Waals surface area contributed by atoms with Gasteiger partial charge in [0.1, 0.15) is 12.3 Å². The van der Waals surface area contributed by atoms with Crippen LogP contribution >= 0.6 is 0 Å². The maximum absolute atomic E-state index is 13.1. The zero-order valence-electron chi connectivity index (χ0n) is 18.7. The number of aryl methyl sites for hydroxylation is 1. The number of aromatic nitrogens is 2. The summed E-state index contributed by atoms with van der Waals surface area (Å²) in [7, 11) is 0. The molecular formula is C23H28N4O6. The Balaban J connectivity index is 1.64. The van der Waals surface area contributed by atoms with Crippen LogP contribution in [0.3, 0.4) is 0 Å². The zero-order valence-corrected chi connectivity index (χ0v) is 18.7. The summed E-state index contributed by atoms with van der Waals surface area (Å²) in [6.07, 6.45) is 0.0700. The molecule has 176 valence electrons. The van der Waals surface area contributed by atoms with Crippen molar-refractivity contribution in [3.05, 3.63) is 47.3 Å². The maximum Gasteiger partial charge on any atom is 0.408 e. The first-order valence-corrected chi connectivity index (χ1v) is 11.0. The van der Waals surface area contributed by atoms with Crippen LogP contribution < -0.4 is 10.6 Å². The van der Waals surface area contributed by atoms with E-state index in [9.17, 15) is 19.2 Å². The lowest BCUT2D eigenvalue weighted by Crippen LogP contribution is -2.46. The average molecular weight is 456 g/mol. The fourth-order valence-electron chi connectivity index (χ4n) is 3.69. The second-order valence-corrected chi connectivity index (χ2v) is 8.35. The quantitative estimate of drug-likeness (QED) is 0.601. The van der Waals surface area contributed by atoms with Gasteiger partial charge in [0.25, 0.3) is 5.91 Å². The highest BCUT2D eigenvalue weighted by molar-refractivity contribution is 6.37. The standard InChI is InChI=1S/C23H28N4O6/c1-14(2)20(25-23(31)32-13-15-6-4-3-5-7-15)18(28)12-16-8-9-17-19(33-27-26-17)10-11-24-22(30)21(16)29/h3-7,14,16,20H,8-13H2,1-2H3,(H,24,30)(H,25,31). The van der Waals surface area contributed by atoms with Crippen molar-refractivity contribution in [1.29, 1.82) is 0 Å². The molecule has 1 aliphatic heterocycles. The lowest BCUT2D eigenvalue weighted by molar-refractivity contribution is -0.141. The second kappa shape index (κ2) is 11.3. The summed E-state index contributed by atoms with van der Waals surface area (Å²) < 4.78 is 10.3. The van der Waals surface area contributed by atoms with Crippen molar-refractivity contribution in [2.75, 3.05) is 6.54 Å². The molecule has 1 aromatic carbocycles. The zero-order chi connectivity index (χ0) is 23.8. The number of nitrogens with one attached hydrogen (secondary N) is 2. The lowest BCUT2D eigenvalue weighted by atomic mass is 9.86. The molecule has 10 nitrogen and oxygen atoms in total. The van der Waals surface area contributed by atoms with E-state index in [1.165, 1.54) is 0 Å². The minimum absolute atomic E-state index is 0.0705. The second-order valence-electron chi connectivity index (χ2n) is 8.35. The molecule has 2 amide bonds. The third-order valence-corrected chi connectivity index (χ3v) is 5.54. The van der Waals surface area contributed by atoms with Gasteiger partial charge < -0.3 is 19.9 Å². The monoisotopic (exact) mass is 456 g/mol. The highest BCUT2D eigenvalue weighted by Crippen LogP contribution is 2.20. The van der Waals surface area contributed by atoms with Crippen molar-refractivity contribution < 1.29 is 28.4 Å². The number of nitrogens with zero attached hydrogens (tertiary/aromatic N) is 2. The van der Waals surface area contributed by atoms with Gasteiger partial charge in [-0.3, -0.25) is 14.4 Å².